The zero-order valence-corrected chi connectivity index (χ0v) is 11.4. The maximum absolute atomic E-state index is 12.1. The van der Waals surface area contributed by atoms with Gasteiger partial charge < -0.3 is 15.1 Å². The molecule has 1 aliphatic heterocycles. The van der Waals surface area contributed by atoms with Crippen molar-refractivity contribution in [1.29, 1.82) is 0 Å². The second-order valence-electron chi connectivity index (χ2n) is 4.95. The fraction of sp³-hybridized carbons (Fsp3) is 0.462. The molecule has 0 radical (unpaired) electrons. The Morgan fingerprint density at radius 2 is 2.26 bits per heavy atom. The first kappa shape index (κ1) is 13.3. The number of anilines is 1. The van der Waals surface area contributed by atoms with Crippen molar-refractivity contribution in [2.75, 3.05) is 32.6 Å². The number of likely N-dealkylation sites (tertiary alicyclic amines) is 1. The number of hydrogen-bond donors (Lipinski definition) is 1. The van der Waals surface area contributed by atoms with Crippen LogP contribution in [0.3, 0.4) is 0 Å². The number of likely N-dealkylation sites (N-methyl/N-ethyl adjacent to an activating group) is 1. The predicted molar refractivity (Wildman–Crippen MR) is 72.1 cm³/mol. The molecule has 2 amide bonds. The second-order valence-corrected chi connectivity index (χ2v) is 4.95. The monoisotopic (exact) mass is 262 g/mol. The highest BCUT2D eigenvalue weighted by Gasteiger charge is 2.28. The minimum absolute atomic E-state index is 0.0639. The molecule has 0 spiro atoms. The summed E-state index contributed by atoms with van der Waals surface area (Å²) >= 11 is 0. The van der Waals surface area contributed by atoms with Crippen LogP contribution in [-0.2, 0) is 4.79 Å². The van der Waals surface area contributed by atoms with E-state index in [1.165, 1.54) is 0 Å². The van der Waals surface area contributed by atoms with E-state index in [0.717, 1.165) is 5.82 Å². The summed E-state index contributed by atoms with van der Waals surface area (Å²) in [4.78, 5) is 31.1. The number of carbonyl (C=O) groups excluding carboxylic acids is 2. The van der Waals surface area contributed by atoms with Gasteiger partial charge in [0.2, 0.25) is 5.91 Å². The van der Waals surface area contributed by atoms with E-state index in [-0.39, 0.29) is 17.9 Å². The van der Waals surface area contributed by atoms with E-state index in [0.29, 0.717) is 18.5 Å². The standard InChI is InChI=1S/C13H18N4O2/c1-16(2)11-6-9(4-5-14-11)13(19)15-10-7-12(18)17(3)8-10/h4-6,10H,7-8H2,1-3H3,(H,15,19)/t10-/m1/s1. The molecule has 0 unspecified atom stereocenters. The van der Waals surface area contributed by atoms with Crippen LogP contribution in [0.1, 0.15) is 16.8 Å². The lowest BCUT2D eigenvalue weighted by atomic mass is 10.2. The van der Waals surface area contributed by atoms with Crippen LogP contribution in [0.4, 0.5) is 5.82 Å². The van der Waals surface area contributed by atoms with Gasteiger partial charge in [-0.2, -0.15) is 0 Å². The molecule has 2 rings (SSSR count). The SMILES string of the molecule is CN1C[C@H](NC(=O)c2ccnc(N(C)C)c2)CC1=O. The maximum atomic E-state index is 12.1. The van der Waals surface area contributed by atoms with Crippen molar-refractivity contribution in [2.24, 2.45) is 0 Å². The van der Waals surface area contributed by atoms with E-state index in [1.54, 1.807) is 30.3 Å². The van der Waals surface area contributed by atoms with Crippen LogP contribution in [0.5, 0.6) is 0 Å². The number of aromatic nitrogens is 1. The number of pyridine rings is 1. The lowest BCUT2D eigenvalue weighted by Gasteiger charge is -2.14. The van der Waals surface area contributed by atoms with E-state index in [9.17, 15) is 9.59 Å². The Bertz CT molecular complexity index is 501. The van der Waals surface area contributed by atoms with E-state index >= 15 is 0 Å². The third-order valence-electron chi connectivity index (χ3n) is 3.14. The number of amides is 2. The van der Waals surface area contributed by atoms with Gasteiger partial charge in [-0.15, -0.1) is 0 Å². The molecule has 0 aliphatic carbocycles. The molecule has 6 nitrogen and oxygen atoms in total. The average molecular weight is 262 g/mol. The van der Waals surface area contributed by atoms with Gasteiger partial charge in [0.15, 0.2) is 0 Å². The first-order valence-electron chi connectivity index (χ1n) is 6.15. The topological polar surface area (TPSA) is 65.5 Å². The minimum atomic E-state index is -0.168. The fourth-order valence-corrected chi connectivity index (χ4v) is 2.03. The second kappa shape index (κ2) is 5.26. The first-order chi connectivity index (χ1) is 8.97. The molecule has 102 valence electrons. The van der Waals surface area contributed by atoms with E-state index in [1.807, 2.05) is 19.0 Å². The van der Waals surface area contributed by atoms with Gasteiger partial charge in [-0.3, -0.25) is 9.59 Å². The molecular weight excluding hydrogens is 244 g/mol. The van der Waals surface area contributed by atoms with Gasteiger partial charge in [0.25, 0.3) is 5.91 Å². The van der Waals surface area contributed by atoms with Gasteiger partial charge in [-0.25, -0.2) is 4.98 Å². The molecule has 1 aromatic rings. The molecule has 1 N–H and O–H groups in total. The Labute approximate surface area is 112 Å². The molecule has 6 heteroatoms. The number of rotatable bonds is 3. The van der Waals surface area contributed by atoms with Gasteiger partial charge in [0, 0.05) is 45.9 Å². The molecule has 0 aromatic carbocycles. The van der Waals surface area contributed by atoms with Crippen molar-refractivity contribution >= 4 is 17.6 Å². The van der Waals surface area contributed by atoms with Gasteiger partial charge in [-0.1, -0.05) is 0 Å². The minimum Gasteiger partial charge on any atom is -0.363 e. The first-order valence-corrected chi connectivity index (χ1v) is 6.15. The molecule has 1 atom stereocenters. The summed E-state index contributed by atoms with van der Waals surface area (Å²) in [5.41, 5.74) is 0.556. The quantitative estimate of drug-likeness (QED) is 0.839. The van der Waals surface area contributed by atoms with Crippen LogP contribution in [0, 0.1) is 0 Å². The van der Waals surface area contributed by atoms with Gasteiger partial charge in [0.05, 0.1) is 6.04 Å². The Morgan fingerprint density at radius 3 is 2.84 bits per heavy atom. The highest BCUT2D eigenvalue weighted by Crippen LogP contribution is 2.12. The van der Waals surface area contributed by atoms with Crippen LogP contribution in [0.25, 0.3) is 0 Å². The van der Waals surface area contributed by atoms with Gasteiger partial charge >= 0.3 is 0 Å². The summed E-state index contributed by atoms with van der Waals surface area (Å²) in [6, 6.07) is 3.29. The highest BCUT2D eigenvalue weighted by molar-refractivity contribution is 5.95. The Kier molecular flexibility index (Phi) is 3.69. The van der Waals surface area contributed by atoms with Crippen LogP contribution in [-0.4, -0.2) is 55.4 Å². The van der Waals surface area contributed by atoms with Gasteiger partial charge in [-0.05, 0) is 12.1 Å². The summed E-state index contributed by atoms with van der Waals surface area (Å²) < 4.78 is 0. The summed E-state index contributed by atoms with van der Waals surface area (Å²) in [6.07, 6.45) is 1.98. The molecule has 1 aromatic heterocycles. The number of hydrogen-bond acceptors (Lipinski definition) is 4. The third-order valence-corrected chi connectivity index (χ3v) is 3.14. The van der Waals surface area contributed by atoms with Crippen molar-refractivity contribution in [3.8, 4) is 0 Å². The normalized spacial score (nSPS) is 18.6. The summed E-state index contributed by atoms with van der Waals surface area (Å²) in [7, 11) is 5.48. The van der Waals surface area contributed by atoms with Crippen molar-refractivity contribution in [1.82, 2.24) is 15.2 Å². The maximum Gasteiger partial charge on any atom is 0.251 e. The van der Waals surface area contributed by atoms with Crippen LogP contribution < -0.4 is 10.2 Å². The van der Waals surface area contributed by atoms with Crippen molar-refractivity contribution < 1.29 is 9.59 Å². The molecule has 1 saturated heterocycles. The summed E-state index contributed by atoms with van der Waals surface area (Å²) in [5.74, 6) is 0.625. The summed E-state index contributed by atoms with van der Waals surface area (Å²) in [6.45, 7) is 0.566. The molecule has 0 saturated carbocycles. The average Bonchev–Trinajstić information content (AvgIpc) is 2.68. The van der Waals surface area contributed by atoms with Crippen LogP contribution >= 0.6 is 0 Å². The van der Waals surface area contributed by atoms with Crippen molar-refractivity contribution in [3.05, 3.63) is 23.9 Å². The number of nitrogens with one attached hydrogen (secondary N) is 1. The van der Waals surface area contributed by atoms with E-state index in [2.05, 4.69) is 10.3 Å². The number of nitrogens with zero attached hydrogens (tertiary/aromatic N) is 3. The smallest absolute Gasteiger partial charge is 0.251 e. The highest BCUT2D eigenvalue weighted by atomic mass is 16.2. The van der Waals surface area contributed by atoms with Crippen LogP contribution in [0.15, 0.2) is 18.3 Å². The lowest BCUT2D eigenvalue weighted by Crippen LogP contribution is -2.36. The fourth-order valence-electron chi connectivity index (χ4n) is 2.03. The number of carbonyl (C=O) groups is 2. The van der Waals surface area contributed by atoms with E-state index in [4.69, 9.17) is 0 Å². The predicted octanol–water partition coefficient (Wildman–Crippen LogP) is 0.108. The molecule has 1 aliphatic rings. The zero-order chi connectivity index (χ0) is 14.0. The third kappa shape index (κ3) is 3.01. The largest absolute Gasteiger partial charge is 0.363 e. The Balaban J connectivity index is 2.04. The molecule has 19 heavy (non-hydrogen) atoms. The van der Waals surface area contributed by atoms with Gasteiger partial charge in [0.1, 0.15) is 5.82 Å². The molecule has 2 heterocycles. The Morgan fingerprint density at radius 1 is 1.53 bits per heavy atom. The molecule has 1 fully saturated rings. The van der Waals surface area contributed by atoms with Crippen molar-refractivity contribution in [2.45, 2.75) is 12.5 Å². The molecular formula is C13H18N4O2. The van der Waals surface area contributed by atoms with Crippen molar-refractivity contribution in [3.63, 3.8) is 0 Å². The van der Waals surface area contributed by atoms with Crippen LogP contribution in [0.2, 0.25) is 0 Å². The Hall–Kier alpha value is -2.11. The zero-order valence-electron chi connectivity index (χ0n) is 11.4. The van der Waals surface area contributed by atoms with E-state index < -0.39 is 0 Å². The lowest BCUT2D eigenvalue weighted by molar-refractivity contribution is -0.126. The molecule has 0 bridgehead atoms. The summed E-state index contributed by atoms with van der Waals surface area (Å²) in [5, 5.41) is 2.87.